The molecular formula is C26H26O2. The Morgan fingerprint density at radius 1 is 0.821 bits per heavy atom. The first-order valence-electron chi connectivity index (χ1n) is 10.00. The van der Waals surface area contributed by atoms with Crippen LogP contribution in [0.15, 0.2) is 54.6 Å². The second-order valence-corrected chi connectivity index (χ2v) is 8.31. The van der Waals surface area contributed by atoms with Gasteiger partial charge < -0.3 is 5.11 Å². The first-order valence-corrected chi connectivity index (χ1v) is 10.00. The molecule has 0 amide bonds. The van der Waals surface area contributed by atoms with Gasteiger partial charge >= 0.3 is 5.97 Å². The van der Waals surface area contributed by atoms with Crippen molar-refractivity contribution in [3.05, 3.63) is 82.4 Å². The molecule has 0 spiro atoms. The third kappa shape index (κ3) is 2.93. The molecular weight excluding hydrogens is 344 g/mol. The van der Waals surface area contributed by atoms with E-state index in [4.69, 9.17) is 0 Å². The lowest BCUT2D eigenvalue weighted by molar-refractivity contribution is 0.0693. The van der Waals surface area contributed by atoms with Gasteiger partial charge in [-0.1, -0.05) is 82.3 Å². The van der Waals surface area contributed by atoms with Crippen LogP contribution in [0.1, 0.15) is 72.1 Å². The largest absolute Gasteiger partial charge is 0.478 e. The fraction of sp³-hybridized carbons (Fsp3) is 0.269. The predicted octanol–water partition coefficient (Wildman–Crippen LogP) is 6.87. The summed E-state index contributed by atoms with van der Waals surface area (Å²) in [6.45, 7) is 8.28. The van der Waals surface area contributed by atoms with Crippen molar-refractivity contribution >= 4 is 5.97 Å². The van der Waals surface area contributed by atoms with E-state index in [0.717, 1.165) is 23.1 Å². The number of aromatic carboxylic acids is 1. The lowest BCUT2D eigenvalue weighted by atomic mass is 9.84. The molecule has 4 rings (SSSR count). The molecule has 142 valence electrons. The first-order chi connectivity index (χ1) is 13.4. The van der Waals surface area contributed by atoms with Gasteiger partial charge in [0.15, 0.2) is 0 Å². The normalized spacial score (nSPS) is 12.4. The van der Waals surface area contributed by atoms with Crippen molar-refractivity contribution in [3.8, 4) is 22.3 Å². The maximum Gasteiger partial charge on any atom is 0.336 e. The number of hydrogen-bond acceptors (Lipinski definition) is 1. The Morgan fingerprint density at radius 3 is 2.00 bits per heavy atom. The maximum atomic E-state index is 12.0. The molecule has 0 saturated heterocycles. The van der Waals surface area contributed by atoms with E-state index in [2.05, 4.69) is 82.3 Å². The smallest absolute Gasteiger partial charge is 0.336 e. The van der Waals surface area contributed by atoms with E-state index >= 15 is 0 Å². The highest BCUT2D eigenvalue weighted by molar-refractivity contribution is 5.94. The molecule has 0 atom stereocenters. The van der Waals surface area contributed by atoms with Crippen LogP contribution in [0.4, 0.5) is 0 Å². The highest BCUT2D eigenvalue weighted by Gasteiger charge is 2.24. The van der Waals surface area contributed by atoms with Gasteiger partial charge in [0.1, 0.15) is 0 Å². The summed E-state index contributed by atoms with van der Waals surface area (Å²) in [4.78, 5) is 12.0. The van der Waals surface area contributed by atoms with Crippen LogP contribution < -0.4 is 0 Å². The molecule has 1 aliphatic carbocycles. The highest BCUT2D eigenvalue weighted by atomic mass is 16.4. The lowest BCUT2D eigenvalue weighted by Crippen LogP contribution is -2.10. The average Bonchev–Trinajstić information content (AvgIpc) is 3.05. The van der Waals surface area contributed by atoms with E-state index in [1.165, 1.54) is 27.8 Å². The Hall–Kier alpha value is -2.87. The SMILES string of the molecule is CC(C)c1cc(-c2cccc3c2Cc2ccccc2-3)cc(C(C)C)c1C(=O)O. The average molecular weight is 370 g/mol. The Balaban J connectivity index is 1.96. The van der Waals surface area contributed by atoms with Crippen LogP contribution in [0.2, 0.25) is 0 Å². The van der Waals surface area contributed by atoms with Gasteiger partial charge in [-0.05, 0) is 62.8 Å². The number of carbonyl (C=O) groups is 1. The van der Waals surface area contributed by atoms with Crippen molar-refractivity contribution in [2.45, 2.75) is 46.0 Å². The summed E-state index contributed by atoms with van der Waals surface area (Å²) in [5.41, 5.74) is 9.98. The number of fused-ring (bicyclic) bond motifs is 3. The zero-order chi connectivity index (χ0) is 20.0. The Bertz CT molecular complexity index is 1040. The number of carboxylic acid groups (broad SMARTS) is 1. The Kier molecular flexibility index (Phi) is 4.58. The summed E-state index contributed by atoms with van der Waals surface area (Å²) in [7, 11) is 0. The molecule has 28 heavy (non-hydrogen) atoms. The van der Waals surface area contributed by atoms with Crippen molar-refractivity contribution in [2.75, 3.05) is 0 Å². The molecule has 0 unspecified atom stereocenters. The van der Waals surface area contributed by atoms with E-state index in [0.29, 0.717) is 5.56 Å². The number of hydrogen-bond donors (Lipinski definition) is 1. The van der Waals surface area contributed by atoms with Crippen LogP contribution in [0.5, 0.6) is 0 Å². The van der Waals surface area contributed by atoms with E-state index in [1.807, 2.05) is 0 Å². The zero-order valence-electron chi connectivity index (χ0n) is 16.9. The fourth-order valence-electron chi connectivity index (χ4n) is 4.43. The summed E-state index contributed by atoms with van der Waals surface area (Å²) >= 11 is 0. The van der Waals surface area contributed by atoms with Crippen molar-refractivity contribution in [1.29, 1.82) is 0 Å². The van der Waals surface area contributed by atoms with Gasteiger partial charge in [0.2, 0.25) is 0 Å². The molecule has 3 aromatic carbocycles. The van der Waals surface area contributed by atoms with Crippen LogP contribution in [0, 0.1) is 0 Å². The second kappa shape index (κ2) is 6.94. The first kappa shape index (κ1) is 18.5. The van der Waals surface area contributed by atoms with Gasteiger partial charge in [-0.3, -0.25) is 0 Å². The summed E-state index contributed by atoms with van der Waals surface area (Å²) in [6, 6.07) is 19.3. The van der Waals surface area contributed by atoms with Crippen LogP contribution >= 0.6 is 0 Å². The molecule has 3 aromatic rings. The van der Waals surface area contributed by atoms with Crippen molar-refractivity contribution in [1.82, 2.24) is 0 Å². The van der Waals surface area contributed by atoms with Crippen LogP contribution in [-0.2, 0) is 6.42 Å². The van der Waals surface area contributed by atoms with E-state index in [-0.39, 0.29) is 11.8 Å². The molecule has 0 saturated carbocycles. The maximum absolute atomic E-state index is 12.0. The molecule has 0 heterocycles. The second-order valence-electron chi connectivity index (χ2n) is 8.31. The number of rotatable bonds is 4. The third-order valence-electron chi connectivity index (χ3n) is 5.82. The van der Waals surface area contributed by atoms with E-state index < -0.39 is 5.97 Å². The van der Waals surface area contributed by atoms with Gasteiger partial charge in [-0.2, -0.15) is 0 Å². The van der Waals surface area contributed by atoms with E-state index in [9.17, 15) is 9.90 Å². The molecule has 0 radical (unpaired) electrons. The van der Waals surface area contributed by atoms with E-state index in [1.54, 1.807) is 0 Å². The van der Waals surface area contributed by atoms with Crippen molar-refractivity contribution in [2.24, 2.45) is 0 Å². The minimum Gasteiger partial charge on any atom is -0.478 e. The molecule has 1 N–H and O–H groups in total. The van der Waals surface area contributed by atoms with Crippen LogP contribution in [-0.4, -0.2) is 11.1 Å². The molecule has 0 bridgehead atoms. The summed E-state index contributed by atoms with van der Waals surface area (Å²) in [5.74, 6) is -0.528. The van der Waals surface area contributed by atoms with Gasteiger partial charge in [0, 0.05) is 0 Å². The Morgan fingerprint density at radius 2 is 1.39 bits per heavy atom. The third-order valence-corrected chi connectivity index (χ3v) is 5.82. The minimum absolute atomic E-state index is 0.150. The summed E-state index contributed by atoms with van der Waals surface area (Å²) in [5, 5.41) is 9.88. The monoisotopic (exact) mass is 370 g/mol. The molecule has 1 aliphatic rings. The quantitative estimate of drug-likeness (QED) is 0.425. The summed E-state index contributed by atoms with van der Waals surface area (Å²) in [6.07, 6.45) is 0.927. The topological polar surface area (TPSA) is 37.3 Å². The standard InChI is InChI=1S/C26H26O2/c1-15(2)22-13-18(14-23(16(3)4)25(22)26(27)28)20-10-7-11-21-19-9-6-5-8-17(19)12-24(20)21/h5-11,13-16H,12H2,1-4H3,(H,27,28). The minimum atomic E-state index is -0.829. The van der Waals surface area contributed by atoms with Crippen molar-refractivity contribution in [3.63, 3.8) is 0 Å². The van der Waals surface area contributed by atoms with Crippen molar-refractivity contribution < 1.29 is 9.90 Å². The van der Waals surface area contributed by atoms with Gasteiger partial charge in [-0.25, -0.2) is 4.79 Å². The molecule has 0 fully saturated rings. The molecule has 2 nitrogen and oxygen atoms in total. The fourth-order valence-corrected chi connectivity index (χ4v) is 4.43. The highest BCUT2D eigenvalue weighted by Crippen LogP contribution is 2.43. The van der Waals surface area contributed by atoms with Gasteiger partial charge in [0.05, 0.1) is 5.56 Å². The van der Waals surface area contributed by atoms with Crippen LogP contribution in [0.25, 0.3) is 22.3 Å². The zero-order valence-corrected chi connectivity index (χ0v) is 16.9. The lowest BCUT2D eigenvalue weighted by Gasteiger charge is -2.20. The number of carboxylic acids is 1. The Labute approximate surface area is 166 Å². The number of benzene rings is 3. The summed E-state index contributed by atoms with van der Waals surface area (Å²) < 4.78 is 0. The van der Waals surface area contributed by atoms with Gasteiger partial charge in [-0.15, -0.1) is 0 Å². The van der Waals surface area contributed by atoms with Gasteiger partial charge in [0.25, 0.3) is 0 Å². The molecule has 0 aromatic heterocycles. The molecule has 0 aliphatic heterocycles. The van der Waals surface area contributed by atoms with Crippen LogP contribution in [0.3, 0.4) is 0 Å². The molecule has 2 heteroatoms. The predicted molar refractivity (Wildman–Crippen MR) is 115 cm³/mol.